The molecular weight excluding hydrogens is 243 g/mol. The molecule has 0 aliphatic carbocycles. The Morgan fingerprint density at radius 2 is 1.82 bits per heavy atom. The number of hydrogen-bond acceptors (Lipinski definition) is 2. The molecule has 0 aliphatic heterocycles. The lowest BCUT2D eigenvalue weighted by molar-refractivity contribution is 0.225. The van der Waals surface area contributed by atoms with E-state index in [2.05, 4.69) is 0 Å². The average molecular weight is 251 g/mol. The molecule has 2 nitrogen and oxygen atoms in total. The molecule has 2 aromatic carbocycles. The zero-order chi connectivity index (χ0) is 12.3. The van der Waals surface area contributed by atoms with Crippen LogP contribution in [0.4, 0.5) is 9.18 Å². The largest absolute Gasteiger partial charge is 0.414 e. The van der Waals surface area contributed by atoms with E-state index < -0.39 is 11.2 Å². The maximum Gasteiger partial charge on any atom is 0.409 e. The van der Waals surface area contributed by atoms with E-state index in [1.165, 1.54) is 6.07 Å². The van der Waals surface area contributed by atoms with Gasteiger partial charge in [0.1, 0.15) is 11.6 Å². The molecule has 0 aromatic heterocycles. The Labute approximate surface area is 103 Å². The van der Waals surface area contributed by atoms with E-state index in [9.17, 15) is 9.18 Å². The molecule has 0 fully saturated rings. The molecule has 2 rings (SSSR count). The molecule has 0 amide bonds. The highest BCUT2D eigenvalue weighted by molar-refractivity contribution is 6.61. The van der Waals surface area contributed by atoms with E-state index >= 15 is 0 Å². The van der Waals surface area contributed by atoms with Gasteiger partial charge in [0.2, 0.25) is 0 Å². The highest BCUT2D eigenvalue weighted by atomic mass is 35.5. The van der Waals surface area contributed by atoms with Crippen molar-refractivity contribution in [2.24, 2.45) is 0 Å². The van der Waals surface area contributed by atoms with Crippen molar-refractivity contribution in [1.29, 1.82) is 0 Å². The highest BCUT2D eigenvalue weighted by Crippen LogP contribution is 2.30. The molecule has 0 atom stereocenters. The van der Waals surface area contributed by atoms with Gasteiger partial charge in [0.05, 0.1) is 0 Å². The second kappa shape index (κ2) is 4.97. The zero-order valence-corrected chi connectivity index (χ0v) is 9.45. The van der Waals surface area contributed by atoms with E-state index in [0.29, 0.717) is 5.56 Å². The summed E-state index contributed by atoms with van der Waals surface area (Å²) in [6.07, 6.45) is 0. The van der Waals surface area contributed by atoms with Crippen molar-refractivity contribution in [2.45, 2.75) is 0 Å². The van der Waals surface area contributed by atoms with Crippen molar-refractivity contribution >= 4 is 17.0 Å². The van der Waals surface area contributed by atoms with Gasteiger partial charge in [-0.1, -0.05) is 30.3 Å². The van der Waals surface area contributed by atoms with Gasteiger partial charge >= 0.3 is 5.43 Å². The Morgan fingerprint density at radius 1 is 1.12 bits per heavy atom. The Bertz CT molecular complexity index is 540. The molecule has 86 valence electrons. The van der Waals surface area contributed by atoms with Crippen LogP contribution >= 0.6 is 11.6 Å². The first-order chi connectivity index (χ1) is 8.16. The van der Waals surface area contributed by atoms with Crippen molar-refractivity contribution in [3.05, 3.63) is 54.3 Å². The monoisotopic (exact) mass is 250 g/mol. The third-order valence-corrected chi connectivity index (χ3v) is 2.30. The summed E-state index contributed by atoms with van der Waals surface area (Å²) < 4.78 is 17.8. The number of carbonyl (C=O) groups is 1. The molecule has 0 saturated heterocycles. The third kappa shape index (κ3) is 2.82. The first-order valence-electron chi connectivity index (χ1n) is 4.89. The maximum atomic E-state index is 13.1. The molecule has 0 radical (unpaired) electrons. The van der Waals surface area contributed by atoms with Gasteiger partial charge < -0.3 is 4.74 Å². The van der Waals surface area contributed by atoms with Crippen LogP contribution in [0.2, 0.25) is 0 Å². The predicted molar refractivity (Wildman–Crippen MR) is 63.7 cm³/mol. The lowest BCUT2D eigenvalue weighted by Crippen LogP contribution is -1.98. The molecule has 0 aliphatic rings. The molecule has 0 bridgehead atoms. The van der Waals surface area contributed by atoms with Crippen LogP contribution in [0.25, 0.3) is 11.1 Å². The summed E-state index contributed by atoms with van der Waals surface area (Å²) in [6, 6.07) is 13.2. The fraction of sp³-hybridized carbons (Fsp3) is 0. The second-order valence-electron chi connectivity index (χ2n) is 3.35. The summed E-state index contributed by atoms with van der Waals surface area (Å²) in [7, 11) is 0. The molecule has 2 aromatic rings. The van der Waals surface area contributed by atoms with Crippen LogP contribution < -0.4 is 4.74 Å². The Morgan fingerprint density at radius 3 is 2.47 bits per heavy atom. The van der Waals surface area contributed by atoms with Crippen LogP contribution in [0.15, 0.2) is 48.5 Å². The van der Waals surface area contributed by atoms with Crippen LogP contribution in [-0.2, 0) is 0 Å². The maximum absolute atomic E-state index is 13.1. The number of halogens is 2. The van der Waals surface area contributed by atoms with E-state index in [0.717, 1.165) is 11.6 Å². The van der Waals surface area contributed by atoms with Crippen molar-refractivity contribution in [2.75, 3.05) is 0 Å². The summed E-state index contributed by atoms with van der Waals surface area (Å²) in [4.78, 5) is 10.7. The van der Waals surface area contributed by atoms with E-state index in [4.69, 9.17) is 16.3 Å². The minimum atomic E-state index is -0.993. The number of benzene rings is 2. The molecule has 0 N–H and O–H groups in total. The molecule has 0 spiro atoms. The molecular formula is C13H8ClFO2. The highest BCUT2D eigenvalue weighted by Gasteiger charge is 2.10. The van der Waals surface area contributed by atoms with E-state index in [1.807, 2.05) is 30.3 Å². The van der Waals surface area contributed by atoms with Crippen LogP contribution in [0.5, 0.6) is 5.75 Å². The minimum absolute atomic E-state index is 0.108. The van der Waals surface area contributed by atoms with Gasteiger partial charge in [-0.15, -0.1) is 0 Å². The standard InChI is InChI=1S/C13H8ClFO2/c14-13(16)17-12-8-10(15)6-7-11(12)9-4-2-1-3-5-9/h1-8H. The van der Waals surface area contributed by atoms with Crippen LogP contribution in [0.1, 0.15) is 0 Å². The predicted octanol–water partition coefficient (Wildman–Crippen LogP) is 4.23. The van der Waals surface area contributed by atoms with Crippen LogP contribution in [0, 0.1) is 5.82 Å². The topological polar surface area (TPSA) is 26.3 Å². The van der Waals surface area contributed by atoms with Crippen LogP contribution in [-0.4, -0.2) is 5.43 Å². The van der Waals surface area contributed by atoms with Gasteiger partial charge in [0, 0.05) is 23.2 Å². The second-order valence-corrected chi connectivity index (χ2v) is 3.65. The molecule has 0 saturated carbocycles. The Kier molecular flexibility index (Phi) is 3.40. The van der Waals surface area contributed by atoms with Crippen LogP contribution in [0.3, 0.4) is 0 Å². The normalized spacial score (nSPS) is 10.0. The minimum Gasteiger partial charge on any atom is -0.414 e. The number of hydrogen-bond donors (Lipinski definition) is 0. The van der Waals surface area contributed by atoms with Gasteiger partial charge in [-0.2, -0.15) is 0 Å². The van der Waals surface area contributed by atoms with Gasteiger partial charge in [0.15, 0.2) is 0 Å². The lowest BCUT2D eigenvalue weighted by Gasteiger charge is -2.08. The van der Waals surface area contributed by atoms with Gasteiger partial charge in [-0.05, 0) is 17.7 Å². The third-order valence-electron chi connectivity index (χ3n) is 2.22. The van der Waals surface area contributed by atoms with Crippen molar-refractivity contribution < 1.29 is 13.9 Å². The molecule has 0 heterocycles. The number of ether oxygens (including phenoxy) is 1. The van der Waals surface area contributed by atoms with Crippen molar-refractivity contribution in [3.8, 4) is 16.9 Å². The number of rotatable bonds is 2. The summed E-state index contributed by atoms with van der Waals surface area (Å²) in [5.41, 5.74) is 0.439. The van der Waals surface area contributed by atoms with Gasteiger partial charge in [0.25, 0.3) is 0 Å². The molecule has 0 unspecified atom stereocenters. The smallest absolute Gasteiger partial charge is 0.409 e. The molecule has 17 heavy (non-hydrogen) atoms. The Hall–Kier alpha value is -1.87. The fourth-order valence-corrected chi connectivity index (χ4v) is 1.61. The van der Waals surface area contributed by atoms with Gasteiger partial charge in [-0.3, -0.25) is 0 Å². The Balaban J connectivity index is 2.50. The zero-order valence-electron chi connectivity index (χ0n) is 8.69. The summed E-state index contributed by atoms with van der Waals surface area (Å²) in [6.45, 7) is 0. The lowest BCUT2D eigenvalue weighted by atomic mass is 10.0. The van der Waals surface area contributed by atoms with Crippen molar-refractivity contribution in [3.63, 3.8) is 0 Å². The summed E-state index contributed by atoms with van der Waals surface area (Å²) in [5.74, 6) is -0.381. The fourth-order valence-electron chi connectivity index (χ4n) is 1.52. The number of carbonyl (C=O) groups excluding carboxylic acids is 1. The molecule has 4 heteroatoms. The first kappa shape index (κ1) is 11.6. The summed E-state index contributed by atoms with van der Waals surface area (Å²) in [5, 5.41) is 0. The van der Waals surface area contributed by atoms with E-state index in [-0.39, 0.29) is 5.75 Å². The quantitative estimate of drug-likeness (QED) is 0.746. The van der Waals surface area contributed by atoms with Gasteiger partial charge in [-0.25, -0.2) is 9.18 Å². The average Bonchev–Trinajstić information content (AvgIpc) is 2.29. The first-order valence-corrected chi connectivity index (χ1v) is 5.27. The SMILES string of the molecule is O=C(Cl)Oc1cc(F)ccc1-c1ccccc1. The van der Waals surface area contributed by atoms with Crippen molar-refractivity contribution in [1.82, 2.24) is 0 Å². The summed E-state index contributed by atoms with van der Waals surface area (Å²) >= 11 is 5.14. The van der Waals surface area contributed by atoms with E-state index in [1.54, 1.807) is 6.07 Å².